The zero-order chi connectivity index (χ0) is 20.6. The molecule has 1 aromatic carbocycles. The lowest BCUT2D eigenvalue weighted by Crippen LogP contribution is -2.47. The SMILES string of the molecule is COC(CNC(=O)C(=O)NC[C@@H](c1ccc2c(c1)OCO2)N1CCOCC1)OC. The molecule has 1 fully saturated rings. The predicted octanol–water partition coefficient (Wildman–Crippen LogP) is -0.360. The molecule has 3 rings (SSSR count). The first-order valence-electron chi connectivity index (χ1n) is 9.45. The van der Waals surface area contributed by atoms with Crippen LogP contribution >= 0.6 is 0 Å². The molecule has 2 N–H and O–H groups in total. The highest BCUT2D eigenvalue weighted by Crippen LogP contribution is 2.35. The third-order valence-electron chi connectivity index (χ3n) is 4.89. The van der Waals surface area contributed by atoms with E-state index >= 15 is 0 Å². The predicted molar refractivity (Wildman–Crippen MR) is 102 cm³/mol. The van der Waals surface area contributed by atoms with Crippen molar-refractivity contribution in [3.63, 3.8) is 0 Å². The van der Waals surface area contributed by atoms with Gasteiger partial charge in [0.2, 0.25) is 6.79 Å². The quantitative estimate of drug-likeness (QED) is 0.443. The molecule has 160 valence electrons. The Hall–Kier alpha value is -2.40. The van der Waals surface area contributed by atoms with Crippen LogP contribution in [0.25, 0.3) is 0 Å². The number of benzene rings is 1. The number of amides is 2. The minimum Gasteiger partial charge on any atom is -0.454 e. The van der Waals surface area contributed by atoms with Crippen molar-refractivity contribution in [2.75, 3.05) is 60.4 Å². The van der Waals surface area contributed by atoms with Crippen LogP contribution in [0.15, 0.2) is 18.2 Å². The Morgan fingerprint density at radius 3 is 2.38 bits per heavy atom. The first kappa shape index (κ1) is 21.3. The van der Waals surface area contributed by atoms with E-state index in [0.29, 0.717) is 24.7 Å². The number of ether oxygens (including phenoxy) is 5. The highest BCUT2D eigenvalue weighted by atomic mass is 16.7. The first-order valence-corrected chi connectivity index (χ1v) is 9.45. The standard InChI is InChI=1S/C19H27N3O7/c1-25-17(26-2)11-21-19(24)18(23)20-10-14(22-5-7-27-8-6-22)13-3-4-15-16(9-13)29-12-28-15/h3-4,9,14,17H,5-8,10-12H2,1-2H3,(H,20,23)(H,21,24)/t14-/m0/s1. The fraction of sp³-hybridized carbons (Fsp3) is 0.579. The van der Waals surface area contributed by atoms with Crippen LogP contribution in [0.4, 0.5) is 0 Å². The molecule has 0 aliphatic carbocycles. The smallest absolute Gasteiger partial charge is 0.309 e. The van der Waals surface area contributed by atoms with Gasteiger partial charge in [0.05, 0.1) is 25.8 Å². The van der Waals surface area contributed by atoms with Gasteiger partial charge in [0.25, 0.3) is 0 Å². The van der Waals surface area contributed by atoms with Crippen LogP contribution in [0.3, 0.4) is 0 Å². The van der Waals surface area contributed by atoms with Crippen molar-refractivity contribution < 1.29 is 33.3 Å². The van der Waals surface area contributed by atoms with Gasteiger partial charge in [0.15, 0.2) is 17.8 Å². The van der Waals surface area contributed by atoms with Gasteiger partial charge in [0.1, 0.15) is 0 Å². The second-order valence-electron chi connectivity index (χ2n) is 6.60. The van der Waals surface area contributed by atoms with Crippen LogP contribution in [0.1, 0.15) is 11.6 Å². The van der Waals surface area contributed by atoms with Crippen LogP contribution in [-0.2, 0) is 23.8 Å². The lowest BCUT2D eigenvalue weighted by atomic mass is 10.0. The number of nitrogens with one attached hydrogen (secondary N) is 2. The molecule has 0 saturated carbocycles. The molecule has 2 aliphatic heterocycles. The Kier molecular flexibility index (Phi) is 7.64. The van der Waals surface area contributed by atoms with E-state index in [1.165, 1.54) is 14.2 Å². The summed E-state index contributed by atoms with van der Waals surface area (Å²) in [5.41, 5.74) is 0.968. The van der Waals surface area contributed by atoms with Gasteiger partial charge in [-0.1, -0.05) is 6.07 Å². The lowest BCUT2D eigenvalue weighted by Gasteiger charge is -2.35. The van der Waals surface area contributed by atoms with Crippen molar-refractivity contribution in [1.29, 1.82) is 0 Å². The first-order chi connectivity index (χ1) is 14.1. The fourth-order valence-corrected chi connectivity index (χ4v) is 3.26. The summed E-state index contributed by atoms with van der Waals surface area (Å²) in [5, 5.41) is 5.21. The average Bonchev–Trinajstić information content (AvgIpc) is 3.23. The Labute approximate surface area is 169 Å². The van der Waals surface area contributed by atoms with E-state index in [1.54, 1.807) is 0 Å². The van der Waals surface area contributed by atoms with E-state index in [4.69, 9.17) is 23.7 Å². The zero-order valence-corrected chi connectivity index (χ0v) is 16.6. The van der Waals surface area contributed by atoms with E-state index in [2.05, 4.69) is 15.5 Å². The third-order valence-corrected chi connectivity index (χ3v) is 4.89. The summed E-state index contributed by atoms with van der Waals surface area (Å²) in [6, 6.07) is 5.59. The molecule has 10 nitrogen and oxygen atoms in total. The van der Waals surface area contributed by atoms with Gasteiger partial charge in [-0.2, -0.15) is 0 Å². The van der Waals surface area contributed by atoms with Gasteiger partial charge in [-0.25, -0.2) is 0 Å². The van der Waals surface area contributed by atoms with Gasteiger partial charge in [-0.3, -0.25) is 14.5 Å². The minimum atomic E-state index is -0.740. The summed E-state index contributed by atoms with van der Waals surface area (Å²) in [5.74, 6) is -0.0794. The maximum Gasteiger partial charge on any atom is 0.309 e. The Balaban J connectivity index is 1.62. The monoisotopic (exact) mass is 409 g/mol. The molecule has 2 aliphatic rings. The van der Waals surface area contributed by atoms with Crippen LogP contribution in [-0.4, -0.2) is 83.4 Å². The van der Waals surface area contributed by atoms with Gasteiger partial charge in [-0.05, 0) is 17.7 Å². The summed E-state index contributed by atoms with van der Waals surface area (Å²) < 4.78 is 26.3. The third kappa shape index (κ3) is 5.57. The molecule has 0 radical (unpaired) electrons. The Bertz CT molecular complexity index is 705. The summed E-state index contributed by atoms with van der Waals surface area (Å²) in [6.07, 6.45) is -0.610. The number of methoxy groups -OCH3 is 2. The van der Waals surface area contributed by atoms with Gasteiger partial charge in [0, 0.05) is 33.9 Å². The van der Waals surface area contributed by atoms with Crippen molar-refractivity contribution in [2.24, 2.45) is 0 Å². The number of rotatable bonds is 8. The molecular weight excluding hydrogens is 382 g/mol. The molecule has 0 unspecified atom stereocenters. The van der Waals surface area contributed by atoms with Crippen molar-refractivity contribution >= 4 is 11.8 Å². The molecule has 0 bridgehead atoms. The molecule has 1 saturated heterocycles. The van der Waals surface area contributed by atoms with Gasteiger partial charge >= 0.3 is 11.8 Å². The van der Waals surface area contributed by atoms with Crippen molar-refractivity contribution in [1.82, 2.24) is 15.5 Å². The molecule has 1 aromatic rings. The number of nitrogens with zero attached hydrogens (tertiary/aromatic N) is 1. The number of carbonyl (C=O) groups is 2. The number of hydrogen-bond donors (Lipinski definition) is 2. The molecule has 2 amide bonds. The molecule has 2 heterocycles. The summed E-state index contributed by atoms with van der Waals surface area (Å²) >= 11 is 0. The molecule has 29 heavy (non-hydrogen) atoms. The number of hydrogen-bond acceptors (Lipinski definition) is 8. The molecule has 0 spiro atoms. The molecule has 0 aromatic heterocycles. The number of carbonyl (C=O) groups excluding carboxylic acids is 2. The van der Waals surface area contributed by atoms with E-state index in [1.807, 2.05) is 18.2 Å². The number of morpholine rings is 1. The normalized spacial score (nSPS) is 17.2. The topological polar surface area (TPSA) is 108 Å². The van der Waals surface area contributed by atoms with E-state index in [-0.39, 0.29) is 25.9 Å². The zero-order valence-electron chi connectivity index (χ0n) is 16.6. The Morgan fingerprint density at radius 1 is 1.03 bits per heavy atom. The van der Waals surface area contributed by atoms with Crippen LogP contribution in [0, 0.1) is 0 Å². The van der Waals surface area contributed by atoms with Crippen LogP contribution in [0.5, 0.6) is 11.5 Å². The summed E-state index contributed by atoms with van der Waals surface area (Å²) in [7, 11) is 2.91. The largest absolute Gasteiger partial charge is 0.454 e. The van der Waals surface area contributed by atoms with Gasteiger partial charge in [-0.15, -0.1) is 0 Å². The van der Waals surface area contributed by atoms with E-state index < -0.39 is 18.1 Å². The second-order valence-corrected chi connectivity index (χ2v) is 6.60. The molecular formula is C19H27N3O7. The maximum absolute atomic E-state index is 12.2. The number of fused-ring (bicyclic) bond motifs is 1. The highest BCUT2D eigenvalue weighted by Gasteiger charge is 2.26. The van der Waals surface area contributed by atoms with Crippen molar-refractivity contribution in [2.45, 2.75) is 12.3 Å². The molecule has 10 heteroatoms. The van der Waals surface area contributed by atoms with Crippen molar-refractivity contribution in [3.05, 3.63) is 23.8 Å². The second kappa shape index (κ2) is 10.4. The molecule has 1 atom stereocenters. The fourth-order valence-electron chi connectivity index (χ4n) is 3.26. The van der Waals surface area contributed by atoms with E-state index in [0.717, 1.165) is 18.7 Å². The van der Waals surface area contributed by atoms with E-state index in [9.17, 15) is 9.59 Å². The average molecular weight is 409 g/mol. The van der Waals surface area contributed by atoms with Gasteiger partial charge < -0.3 is 34.3 Å². The minimum absolute atomic E-state index is 0.0777. The van der Waals surface area contributed by atoms with Crippen LogP contribution in [0.2, 0.25) is 0 Å². The highest BCUT2D eigenvalue weighted by molar-refractivity contribution is 6.35. The van der Waals surface area contributed by atoms with Crippen molar-refractivity contribution in [3.8, 4) is 11.5 Å². The Morgan fingerprint density at radius 2 is 1.69 bits per heavy atom. The lowest BCUT2D eigenvalue weighted by molar-refractivity contribution is -0.142. The maximum atomic E-state index is 12.2. The summed E-state index contributed by atoms with van der Waals surface area (Å²) in [6.45, 7) is 3.23. The van der Waals surface area contributed by atoms with Crippen LogP contribution < -0.4 is 20.1 Å². The summed E-state index contributed by atoms with van der Waals surface area (Å²) in [4.78, 5) is 26.5.